The van der Waals surface area contributed by atoms with Crippen LogP contribution in [0.4, 0.5) is 5.13 Å². The van der Waals surface area contributed by atoms with Crippen molar-refractivity contribution in [2.24, 2.45) is 0 Å². The van der Waals surface area contributed by atoms with Gasteiger partial charge in [0, 0.05) is 18.0 Å². The maximum absolute atomic E-state index is 13.7. The van der Waals surface area contributed by atoms with E-state index in [4.69, 9.17) is 4.98 Å². The fourth-order valence-electron chi connectivity index (χ4n) is 4.31. The first-order chi connectivity index (χ1) is 14.9. The van der Waals surface area contributed by atoms with Crippen molar-refractivity contribution >= 4 is 32.4 Å². The number of thiazole rings is 1. The van der Waals surface area contributed by atoms with Gasteiger partial charge in [0.2, 0.25) is 15.9 Å². The number of piperidine rings is 1. The van der Waals surface area contributed by atoms with Crippen molar-refractivity contribution in [1.29, 1.82) is 0 Å². The monoisotopic (exact) mass is 459 g/mol. The van der Waals surface area contributed by atoms with E-state index in [-0.39, 0.29) is 10.8 Å². The van der Waals surface area contributed by atoms with Crippen molar-refractivity contribution in [3.63, 3.8) is 0 Å². The summed E-state index contributed by atoms with van der Waals surface area (Å²) in [6, 6.07) is 6.10. The second kappa shape index (κ2) is 9.22. The average molecular weight is 460 g/mol. The van der Waals surface area contributed by atoms with Crippen molar-refractivity contribution in [1.82, 2.24) is 9.29 Å². The van der Waals surface area contributed by atoms with Crippen LogP contribution in [0.2, 0.25) is 0 Å². The fourth-order valence-corrected chi connectivity index (χ4v) is 7.12. The van der Waals surface area contributed by atoms with Crippen LogP contribution in [0.3, 0.4) is 0 Å². The van der Waals surface area contributed by atoms with E-state index < -0.39 is 16.1 Å². The van der Waals surface area contributed by atoms with E-state index >= 15 is 0 Å². The molecule has 1 saturated heterocycles. The molecule has 31 heavy (non-hydrogen) atoms. The quantitative estimate of drug-likeness (QED) is 0.610. The van der Waals surface area contributed by atoms with Gasteiger partial charge in [-0.1, -0.05) is 30.2 Å². The molecule has 1 aromatic heterocycles. The number of amides is 1. The summed E-state index contributed by atoms with van der Waals surface area (Å²) in [4.78, 5) is 21.5. The van der Waals surface area contributed by atoms with Crippen LogP contribution in [-0.2, 0) is 27.7 Å². The largest absolute Gasteiger partial charge is 0.283 e. The predicted octanol–water partition coefficient (Wildman–Crippen LogP) is 4.09. The molecule has 6 nitrogen and oxygen atoms in total. The Labute approximate surface area is 188 Å². The van der Waals surface area contributed by atoms with Gasteiger partial charge in [-0.15, -0.1) is 17.9 Å². The Kier molecular flexibility index (Phi) is 6.60. The smallest absolute Gasteiger partial charge is 0.247 e. The second-order valence-electron chi connectivity index (χ2n) is 8.25. The molecule has 0 N–H and O–H groups in total. The minimum atomic E-state index is -3.76. The number of aryl methyl sites for hydroxylation is 3. The molecule has 1 aliphatic heterocycles. The topological polar surface area (TPSA) is 70.6 Å². The van der Waals surface area contributed by atoms with Gasteiger partial charge in [0.05, 0.1) is 10.6 Å². The Bertz CT molecular complexity index is 1040. The number of hydrogen-bond acceptors (Lipinski definition) is 5. The molecule has 1 unspecified atom stereocenters. The fraction of sp³-hybridized carbons (Fsp3) is 0.478. The molecule has 0 saturated carbocycles. The Morgan fingerprint density at radius 2 is 1.97 bits per heavy atom. The van der Waals surface area contributed by atoms with Crippen molar-refractivity contribution in [2.75, 3.05) is 18.0 Å². The van der Waals surface area contributed by atoms with Crippen LogP contribution in [0.15, 0.2) is 41.8 Å². The first kappa shape index (κ1) is 22.2. The van der Waals surface area contributed by atoms with Gasteiger partial charge in [0.1, 0.15) is 6.04 Å². The third-order valence-corrected chi connectivity index (χ3v) is 9.11. The number of nitrogens with zero attached hydrogens (tertiary/aromatic N) is 3. The van der Waals surface area contributed by atoms with E-state index in [1.54, 1.807) is 46.6 Å². The molecule has 1 aliphatic carbocycles. The molecule has 1 amide bonds. The highest BCUT2D eigenvalue weighted by Crippen LogP contribution is 2.34. The van der Waals surface area contributed by atoms with Crippen molar-refractivity contribution < 1.29 is 13.2 Å². The van der Waals surface area contributed by atoms with Gasteiger partial charge in [-0.2, -0.15) is 4.31 Å². The molecule has 1 aromatic carbocycles. The first-order valence-corrected chi connectivity index (χ1v) is 13.2. The Hall–Kier alpha value is -2.03. The van der Waals surface area contributed by atoms with E-state index in [1.165, 1.54) is 9.18 Å². The molecule has 2 aliphatic rings. The van der Waals surface area contributed by atoms with Crippen LogP contribution in [0.1, 0.15) is 48.2 Å². The molecule has 0 spiro atoms. The molecule has 0 bridgehead atoms. The predicted molar refractivity (Wildman–Crippen MR) is 124 cm³/mol. The van der Waals surface area contributed by atoms with Gasteiger partial charge in [-0.05, 0) is 57.6 Å². The third kappa shape index (κ3) is 4.47. The van der Waals surface area contributed by atoms with Crippen molar-refractivity contribution in [2.45, 2.75) is 62.8 Å². The summed E-state index contributed by atoms with van der Waals surface area (Å²) in [6.45, 7) is 6.40. The molecule has 0 radical (unpaired) electrons. The zero-order valence-electron chi connectivity index (χ0n) is 17.9. The lowest BCUT2D eigenvalue weighted by Gasteiger charge is -2.36. The van der Waals surface area contributed by atoms with Crippen LogP contribution in [0, 0.1) is 6.92 Å². The highest BCUT2D eigenvalue weighted by Gasteiger charge is 2.40. The highest BCUT2D eigenvalue weighted by atomic mass is 32.2. The number of fused-ring (bicyclic) bond motifs is 1. The van der Waals surface area contributed by atoms with Gasteiger partial charge < -0.3 is 0 Å². The third-order valence-electron chi connectivity index (χ3n) is 6.01. The standard InChI is InChI=1S/C23H29N3O3S2/c1-3-15-25(23-24-19-8-4-5-10-21(19)30-23)22(27)20-9-6-7-16-26(20)31(28,29)18-13-11-17(2)12-14-18/h3,11-14,20H,1,4-10,15-16H2,2H3. The van der Waals surface area contributed by atoms with Crippen LogP contribution in [-0.4, -0.2) is 42.7 Å². The number of aromatic nitrogens is 1. The number of carbonyl (C=O) groups is 1. The number of benzene rings is 1. The Balaban J connectivity index is 1.65. The van der Waals surface area contributed by atoms with Gasteiger partial charge in [0.15, 0.2) is 5.13 Å². The molecule has 2 aromatic rings. The zero-order valence-corrected chi connectivity index (χ0v) is 19.6. The normalized spacial score (nSPS) is 19.6. The van der Waals surface area contributed by atoms with E-state index in [0.717, 1.165) is 49.8 Å². The summed E-state index contributed by atoms with van der Waals surface area (Å²) >= 11 is 1.56. The molecular weight excluding hydrogens is 430 g/mol. The van der Waals surface area contributed by atoms with Crippen LogP contribution >= 0.6 is 11.3 Å². The minimum Gasteiger partial charge on any atom is -0.283 e. The number of carbonyl (C=O) groups excluding carboxylic acids is 1. The lowest BCUT2D eigenvalue weighted by molar-refractivity contribution is -0.123. The molecule has 166 valence electrons. The summed E-state index contributed by atoms with van der Waals surface area (Å²) in [5.41, 5.74) is 2.08. The van der Waals surface area contributed by atoms with Crippen LogP contribution < -0.4 is 4.90 Å². The molecule has 4 rings (SSSR count). The molecular formula is C23H29N3O3S2. The van der Waals surface area contributed by atoms with Crippen LogP contribution in [0.5, 0.6) is 0 Å². The number of hydrogen-bond donors (Lipinski definition) is 0. The van der Waals surface area contributed by atoms with E-state index in [0.29, 0.717) is 24.6 Å². The minimum absolute atomic E-state index is 0.207. The highest BCUT2D eigenvalue weighted by molar-refractivity contribution is 7.89. The van der Waals surface area contributed by atoms with Gasteiger partial charge in [0.25, 0.3) is 0 Å². The van der Waals surface area contributed by atoms with Gasteiger partial charge in [-0.3, -0.25) is 9.69 Å². The maximum atomic E-state index is 13.7. The summed E-state index contributed by atoms with van der Waals surface area (Å²) < 4.78 is 28.2. The lowest BCUT2D eigenvalue weighted by atomic mass is 10.0. The number of anilines is 1. The van der Waals surface area contributed by atoms with Gasteiger partial charge >= 0.3 is 0 Å². The average Bonchev–Trinajstić information content (AvgIpc) is 3.21. The van der Waals surface area contributed by atoms with Crippen LogP contribution in [0.25, 0.3) is 0 Å². The molecule has 8 heteroatoms. The van der Waals surface area contributed by atoms with Gasteiger partial charge in [-0.25, -0.2) is 13.4 Å². The Morgan fingerprint density at radius 3 is 2.68 bits per heavy atom. The lowest BCUT2D eigenvalue weighted by Crippen LogP contribution is -2.53. The number of sulfonamides is 1. The molecule has 2 heterocycles. The summed E-state index contributed by atoms with van der Waals surface area (Å²) in [5, 5.41) is 0.662. The number of rotatable bonds is 6. The molecule has 1 fully saturated rings. The summed E-state index contributed by atoms with van der Waals surface area (Å²) in [6.07, 6.45) is 7.99. The zero-order chi connectivity index (χ0) is 22.0. The van der Waals surface area contributed by atoms with Crippen molar-refractivity contribution in [3.8, 4) is 0 Å². The maximum Gasteiger partial charge on any atom is 0.247 e. The summed E-state index contributed by atoms with van der Waals surface area (Å²) in [7, 11) is -3.76. The first-order valence-electron chi connectivity index (χ1n) is 10.9. The Morgan fingerprint density at radius 1 is 1.23 bits per heavy atom. The van der Waals surface area contributed by atoms with Crippen molar-refractivity contribution in [3.05, 3.63) is 53.1 Å². The van der Waals surface area contributed by atoms with E-state index in [9.17, 15) is 13.2 Å². The summed E-state index contributed by atoms with van der Waals surface area (Å²) in [5.74, 6) is -0.207. The SMILES string of the molecule is C=CCN(C(=O)C1CCCCN1S(=O)(=O)c1ccc(C)cc1)c1nc2c(s1)CCCC2. The van der Waals surface area contributed by atoms with E-state index in [2.05, 4.69) is 6.58 Å². The molecule has 1 atom stereocenters. The van der Waals surface area contributed by atoms with E-state index in [1.807, 2.05) is 6.92 Å². The second-order valence-corrected chi connectivity index (χ2v) is 11.2.